The van der Waals surface area contributed by atoms with E-state index in [1.54, 1.807) is 30.0 Å². The van der Waals surface area contributed by atoms with E-state index in [-0.39, 0.29) is 24.1 Å². The zero-order valence-corrected chi connectivity index (χ0v) is 20.6. The fourth-order valence-electron chi connectivity index (χ4n) is 3.08. The Morgan fingerprint density at radius 1 is 1.10 bits per heavy atom. The van der Waals surface area contributed by atoms with Gasteiger partial charge in [-0.1, -0.05) is 66.9 Å². The van der Waals surface area contributed by atoms with E-state index in [1.807, 2.05) is 12.1 Å². The Hall–Kier alpha value is -1.69. The van der Waals surface area contributed by atoms with E-state index in [0.29, 0.717) is 22.2 Å². The van der Waals surface area contributed by atoms with Crippen molar-refractivity contribution in [3.8, 4) is 0 Å². The highest BCUT2D eigenvalue weighted by Crippen LogP contribution is 2.27. The lowest BCUT2D eigenvalue weighted by molar-refractivity contribution is -0.138. The van der Waals surface area contributed by atoms with Crippen LogP contribution in [0.4, 0.5) is 0 Å². The van der Waals surface area contributed by atoms with Crippen LogP contribution in [0.1, 0.15) is 43.4 Å². The molecule has 2 rings (SSSR count). The molecule has 1 atom stereocenters. The molecule has 0 aliphatic heterocycles. The Morgan fingerprint density at radius 3 is 2.42 bits per heavy atom. The minimum atomic E-state index is -0.629. The first kappa shape index (κ1) is 25.6. The molecule has 0 bridgehead atoms. The standard InChI is InChI=1S/C24H30Cl2N2O2S/c1-4-5-13-27-24(30)18(3)28(14-20-21(25)11-8-12-22(20)26)23(29)16-31-15-19-10-7-6-9-17(19)2/h6-12,18H,4-5,13-16H2,1-3H3,(H,27,30)/t18-/m0/s1. The van der Waals surface area contributed by atoms with E-state index in [9.17, 15) is 9.59 Å². The Balaban J connectivity index is 2.12. The monoisotopic (exact) mass is 480 g/mol. The third-order valence-electron chi connectivity index (χ3n) is 5.13. The molecule has 2 aromatic rings. The van der Waals surface area contributed by atoms with Crippen molar-refractivity contribution in [3.05, 3.63) is 69.2 Å². The second-order valence-corrected chi connectivity index (χ2v) is 9.26. The Kier molecular flexibility index (Phi) is 10.7. The number of halogens is 2. The molecular weight excluding hydrogens is 451 g/mol. The molecule has 1 N–H and O–H groups in total. The lowest BCUT2D eigenvalue weighted by Gasteiger charge is -2.29. The van der Waals surface area contributed by atoms with Crippen molar-refractivity contribution in [1.82, 2.24) is 10.2 Å². The summed E-state index contributed by atoms with van der Waals surface area (Å²) in [6.07, 6.45) is 1.89. The summed E-state index contributed by atoms with van der Waals surface area (Å²) >= 11 is 14.2. The maximum atomic E-state index is 13.2. The van der Waals surface area contributed by atoms with Gasteiger partial charge in [0.2, 0.25) is 11.8 Å². The minimum Gasteiger partial charge on any atom is -0.354 e. The number of carbonyl (C=O) groups excluding carboxylic acids is 2. The number of nitrogens with zero attached hydrogens (tertiary/aromatic N) is 1. The highest BCUT2D eigenvalue weighted by Gasteiger charge is 2.27. The third kappa shape index (κ3) is 7.74. The van der Waals surface area contributed by atoms with Crippen LogP contribution in [0.15, 0.2) is 42.5 Å². The van der Waals surface area contributed by atoms with Gasteiger partial charge in [0, 0.05) is 34.5 Å². The molecule has 0 fully saturated rings. The van der Waals surface area contributed by atoms with E-state index in [0.717, 1.165) is 18.6 Å². The van der Waals surface area contributed by atoms with Crippen LogP contribution < -0.4 is 5.32 Å². The number of benzene rings is 2. The zero-order chi connectivity index (χ0) is 22.8. The molecular formula is C24H30Cl2N2O2S. The van der Waals surface area contributed by atoms with Crippen molar-refractivity contribution in [1.29, 1.82) is 0 Å². The van der Waals surface area contributed by atoms with E-state index in [2.05, 4.69) is 31.3 Å². The van der Waals surface area contributed by atoms with Gasteiger partial charge in [-0.25, -0.2) is 0 Å². The first-order valence-corrected chi connectivity index (χ1v) is 12.4. The highest BCUT2D eigenvalue weighted by atomic mass is 35.5. The van der Waals surface area contributed by atoms with Crippen molar-refractivity contribution in [2.45, 2.75) is 52.0 Å². The molecule has 0 aliphatic rings. The SMILES string of the molecule is CCCCNC(=O)[C@H](C)N(Cc1c(Cl)cccc1Cl)C(=O)CSCc1ccccc1C. The summed E-state index contributed by atoms with van der Waals surface area (Å²) < 4.78 is 0. The fourth-order valence-corrected chi connectivity index (χ4v) is 4.58. The minimum absolute atomic E-state index is 0.118. The van der Waals surface area contributed by atoms with Gasteiger partial charge >= 0.3 is 0 Å². The molecule has 168 valence electrons. The van der Waals surface area contributed by atoms with Gasteiger partial charge in [0.25, 0.3) is 0 Å². The zero-order valence-electron chi connectivity index (χ0n) is 18.3. The molecule has 0 aliphatic carbocycles. The first-order chi connectivity index (χ1) is 14.8. The summed E-state index contributed by atoms with van der Waals surface area (Å²) in [5.41, 5.74) is 3.05. The average molecular weight is 481 g/mol. The molecule has 0 saturated heterocycles. The number of hydrogen-bond acceptors (Lipinski definition) is 3. The van der Waals surface area contributed by atoms with Gasteiger partial charge in [0.05, 0.1) is 5.75 Å². The van der Waals surface area contributed by atoms with Gasteiger partial charge in [-0.05, 0) is 43.5 Å². The van der Waals surface area contributed by atoms with Crippen LogP contribution in [0.5, 0.6) is 0 Å². The van der Waals surface area contributed by atoms with Crippen molar-refractivity contribution in [2.24, 2.45) is 0 Å². The van der Waals surface area contributed by atoms with E-state index >= 15 is 0 Å². The number of thioether (sulfide) groups is 1. The molecule has 2 aromatic carbocycles. The largest absolute Gasteiger partial charge is 0.354 e. The Bertz CT molecular complexity index is 871. The number of rotatable bonds is 11. The van der Waals surface area contributed by atoms with Crippen molar-refractivity contribution >= 4 is 46.8 Å². The van der Waals surface area contributed by atoms with Crippen molar-refractivity contribution in [2.75, 3.05) is 12.3 Å². The van der Waals surface area contributed by atoms with Crippen LogP contribution in [-0.4, -0.2) is 35.1 Å². The summed E-state index contributed by atoms with van der Waals surface area (Å²) in [5, 5.41) is 3.88. The summed E-state index contributed by atoms with van der Waals surface area (Å²) in [6.45, 7) is 6.65. The number of carbonyl (C=O) groups is 2. The molecule has 0 heterocycles. The molecule has 2 amide bonds. The summed E-state index contributed by atoms with van der Waals surface area (Å²) in [4.78, 5) is 27.4. The summed E-state index contributed by atoms with van der Waals surface area (Å²) in [5.74, 6) is 0.709. The average Bonchev–Trinajstić information content (AvgIpc) is 2.74. The number of unbranched alkanes of at least 4 members (excludes halogenated alkanes) is 1. The van der Waals surface area contributed by atoms with Gasteiger partial charge in [-0.15, -0.1) is 11.8 Å². The topological polar surface area (TPSA) is 49.4 Å². The highest BCUT2D eigenvalue weighted by molar-refractivity contribution is 7.99. The second-order valence-electron chi connectivity index (χ2n) is 7.46. The van der Waals surface area contributed by atoms with E-state index in [4.69, 9.17) is 23.2 Å². The molecule has 4 nitrogen and oxygen atoms in total. The van der Waals surface area contributed by atoms with Gasteiger partial charge in [-0.3, -0.25) is 9.59 Å². The molecule has 7 heteroatoms. The molecule has 0 radical (unpaired) electrons. The van der Waals surface area contributed by atoms with E-state index in [1.165, 1.54) is 22.9 Å². The van der Waals surface area contributed by atoms with Crippen LogP contribution in [-0.2, 0) is 21.9 Å². The number of amides is 2. The second kappa shape index (κ2) is 13.0. The van der Waals surface area contributed by atoms with Crippen LogP contribution in [0.2, 0.25) is 10.0 Å². The van der Waals surface area contributed by atoms with Crippen molar-refractivity contribution in [3.63, 3.8) is 0 Å². The lowest BCUT2D eigenvalue weighted by atomic mass is 10.1. The molecule has 0 unspecified atom stereocenters. The Labute approximate surface area is 199 Å². The van der Waals surface area contributed by atoms with Crippen LogP contribution in [0.3, 0.4) is 0 Å². The Morgan fingerprint density at radius 2 is 1.77 bits per heavy atom. The predicted molar refractivity (Wildman–Crippen MR) is 132 cm³/mol. The molecule has 31 heavy (non-hydrogen) atoms. The number of nitrogens with one attached hydrogen (secondary N) is 1. The predicted octanol–water partition coefficient (Wildman–Crippen LogP) is 5.87. The van der Waals surface area contributed by atoms with Gasteiger partial charge in [0.15, 0.2) is 0 Å². The number of aryl methyl sites for hydroxylation is 1. The van der Waals surface area contributed by atoms with Crippen molar-refractivity contribution < 1.29 is 9.59 Å². The molecule has 0 saturated carbocycles. The fraction of sp³-hybridized carbons (Fsp3) is 0.417. The quantitative estimate of drug-likeness (QED) is 0.409. The van der Waals surface area contributed by atoms with Gasteiger partial charge < -0.3 is 10.2 Å². The van der Waals surface area contributed by atoms with E-state index < -0.39 is 6.04 Å². The summed E-state index contributed by atoms with van der Waals surface area (Å²) in [7, 11) is 0. The lowest BCUT2D eigenvalue weighted by Crippen LogP contribution is -2.48. The third-order valence-corrected chi connectivity index (χ3v) is 6.81. The number of hydrogen-bond donors (Lipinski definition) is 1. The smallest absolute Gasteiger partial charge is 0.242 e. The maximum absolute atomic E-state index is 13.2. The first-order valence-electron chi connectivity index (χ1n) is 10.5. The van der Waals surface area contributed by atoms with Crippen LogP contribution in [0, 0.1) is 6.92 Å². The molecule has 0 aromatic heterocycles. The van der Waals surface area contributed by atoms with Crippen LogP contribution >= 0.6 is 35.0 Å². The van der Waals surface area contributed by atoms with Gasteiger partial charge in [0.1, 0.15) is 6.04 Å². The maximum Gasteiger partial charge on any atom is 0.242 e. The summed E-state index contributed by atoms with van der Waals surface area (Å²) in [6, 6.07) is 12.7. The van der Waals surface area contributed by atoms with Crippen LogP contribution in [0.25, 0.3) is 0 Å². The van der Waals surface area contributed by atoms with Gasteiger partial charge in [-0.2, -0.15) is 0 Å². The molecule has 0 spiro atoms. The normalized spacial score (nSPS) is 11.8.